The van der Waals surface area contributed by atoms with Gasteiger partial charge in [-0.3, -0.25) is 9.69 Å². The highest BCUT2D eigenvalue weighted by molar-refractivity contribution is 8.18. The van der Waals surface area contributed by atoms with Crippen LogP contribution in [0.15, 0.2) is 52.4 Å². The molecule has 1 saturated heterocycles. The van der Waals surface area contributed by atoms with Gasteiger partial charge in [0.05, 0.1) is 42.5 Å². The van der Waals surface area contributed by atoms with E-state index >= 15 is 0 Å². The summed E-state index contributed by atoms with van der Waals surface area (Å²) in [4.78, 5) is 19.8. The summed E-state index contributed by atoms with van der Waals surface area (Å²) < 4.78 is 16.1. The van der Waals surface area contributed by atoms with Crippen molar-refractivity contribution >= 4 is 46.2 Å². The lowest BCUT2D eigenvalue weighted by Crippen LogP contribution is -2.32. The summed E-state index contributed by atoms with van der Waals surface area (Å²) in [5.74, 6) is 0.874. The third-order valence-corrected chi connectivity index (χ3v) is 5.51. The van der Waals surface area contributed by atoms with Crippen molar-refractivity contribution < 1.29 is 19.0 Å². The van der Waals surface area contributed by atoms with E-state index in [0.29, 0.717) is 46.4 Å². The number of benzene rings is 2. The number of hydrogen-bond donors (Lipinski definition) is 0. The summed E-state index contributed by atoms with van der Waals surface area (Å²) in [7, 11) is 3.16. The van der Waals surface area contributed by atoms with Crippen molar-refractivity contribution in [3.63, 3.8) is 0 Å². The van der Waals surface area contributed by atoms with E-state index in [1.54, 1.807) is 37.3 Å². The van der Waals surface area contributed by atoms with Crippen molar-refractivity contribution in [3.8, 4) is 11.5 Å². The molecule has 1 aliphatic heterocycles. The molecule has 0 aromatic heterocycles. The second kappa shape index (κ2) is 10.5. The number of rotatable bonds is 8. The highest BCUT2D eigenvalue weighted by Gasteiger charge is 2.33. The number of ether oxygens (including phenoxy) is 3. The van der Waals surface area contributed by atoms with E-state index in [1.165, 1.54) is 11.8 Å². The van der Waals surface area contributed by atoms with Gasteiger partial charge in [0.1, 0.15) is 0 Å². The highest BCUT2D eigenvalue weighted by atomic mass is 35.5. The first-order chi connectivity index (χ1) is 14.6. The molecule has 0 atom stereocenters. The molecular formula is C22H23ClN2O4S. The zero-order valence-corrected chi connectivity index (χ0v) is 18.6. The number of thioether (sulfide) groups is 1. The van der Waals surface area contributed by atoms with Crippen LogP contribution in [0.5, 0.6) is 11.5 Å². The standard InChI is InChI=1S/C22H23ClN2O4S/c1-4-29-20-17(23)12-15(13-18(20)28-3)14-19-21(26)25(10-11-27-2)22(30-19)24-16-8-6-5-7-9-16/h5-9,12-14H,4,10-11H2,1-3H3. The van der Waals surface area contributed by atoms with Crippen LogP contribution in [0, 0.1) is 0 Å². The predicted molar refractivity (Wildman–Crippen MR) is 122 cm³/mol. The summed E-state index contributed by atoms with van der Waals surface area (Å²) in [6.45, 7) is 3.18. The molecule has 8 heteroatoms. The van der Waals surface area contributed by atoms with Crippen molar-refractivity contribution in [2.75, 3.05) is 34.0 Å². The SMILES string of the molecule is CCOc1c(Cl)cc(C=C2SC(=Nc3ccccc3)N(CCOC)C2=O)cc1OC. The van der Waals surface area contributed by atoms with Crippen molar-refractivity contribution in [1.82, 2.24) is 4.90 Å². The normalized spacial score (nSPS) is 16.5. The molecule has 1 heterocycles. The fourth-order valence-electron chi connectivity index (χ4n) is 2.84. The zero-order valence-electron chi connectivity index (χ0n) is 17.1. The molecule has 30 heavy (non-hydrogen) atoms. The Morgan fingerprint density at radius 1 is 1.20 bits per heavy atom. The maximum absolute atomic E-state index is 13.0. The fraction of sp³-hybridized carbons (Fsp3) is 0.273. The van der Waals surface area contributed by atoms with E-state index in [2.05, 4.69) is 4.99 Å². The predicted octanol–water partition coefficient (Wildman–Crippen LogP) is 5.00. The van der Waals surface area contributed by atoms with E-state index in [9.17, 15) is 4.79 Å². The highest BCUT2D eigenvalue weighted by Crippen LogP contribution is 2.39. The van der Waals surface area contributed by atoms with Crippen LogP contribution in [0.3, 0.4) is 0 Å². The Bertz CT molecular complexity index is 963. The van der Waals surface area contributed by atoms with Crippen LogP contribution < -0.4 is 9.47 Å². The molecule has 0 bridgehead atoms. The maximum Gasteiger partial charge on any atom is 0.266 e. The van der Waals surface area contributed by atoms with Gasteiger partial charge < -0.3 is 14.2 Å². The number of carbonyl (C=O) groups is 1. The number of amides is 1. The van der Waals surface area contributed by atoms with Crippen LogP contribution in [0.2, 0.25) is 5.02 Å². The summed E-state index contributed by atoms with van der Waals surface area (Å²) in [5.41, 5.74) is 1.52. The van der Waals surface area contributed by atoms with Gasteiger partial charge in [0, 0.05) is 7.11 Å². The molecule has 158 valence electrons. The minimum Gasteiger partial charge on any atom is -0.493 e. The minimum atomic E-state index is -0.129. The van der Waals surface area contributed by atoms with Gasteiger partial charge in [0.2, 0.25) is 0 Å². The number of halogens is 1. The lowest BCUT2D eigenvalue weighted by atomic mass is 10.1. The summed E-state index contributed by atoms with van der Waals surface area (Å²) in [5, 5.41) is 1.03. The fourth-order valence-corrected chi connectivity index (χ4v) is 4.14. The van der Waals surface area contributed by atoms with Crippen molar-refractivity contribution in [1.29, 1.82) is 0 Å². The van der Waals surface area contributed by atoms with Gasteiger partial charge in [0.15, 0.2) is 16.7 Å². The van der Waals surface area contributed by atoms with E-state index in [4.69, 9.17) is 25.8 Å². The lowest BCUT2D eigenvalue weighted by molar-refractivity contribution is -0.122. The van der Waals surface area contributed by atoms with Crippen LogP contribution in [0.1, 0.15) is 12.5 Å². The summed E-state index contributed by atoms with van der Waals surface area (Å²) in [6.07, 6.45) is 1.78. The average molecular weight is 447 g/mol. The molecular weight excluding hydrogens is 424 g/mol. The Hall–Kier alpha value is -2.48. The Morgan fingerprint density at radius 3 is 2.63 bits per heavy atom. The van der Waals surface area contributed by atoms with Gasteiger partial charge in [-0.05, 0) is 54.6 Å². The zero-order chi connectivity index (χ0) is 21.5. The topological polar surface area (TPSA) is 60.4 Å². The first-order valence-electron chi connectivity index (χ1n) is 9.41. The van der Waals surface area contributed by atoms with Crippen LogP contribution in [0.4, 0.5) is 5.69 Å². The van der Waals surface area contributed by atoms with Gasteiger partial charge in [-0.25, -0.2) is 4.99 Å². The lowest BCUT2D eigenvalue weighted by Gasteiger charge is -2.14. The number of amidine groups is 1. The first kappa shape index (κ1) is 22.2. The van der Waals surface area contributed by atoms with Gasteiger partial charge in [0.25, 0.3) is 5.91 Å². The van der Waals surface area contributed by atoms with Gasteiger partial charge >= 0.3 is 0 Å². The van der Waals surface area contributed by atoms with Gasteiger partial charge in [-0.15, -0.1) is 0 Å². The number of carbonyl (C=O) groups excluding carboxylic acids is 1. The van der Waals surface area contributed by atoms with Gasteiger partial charge in [-0.2, -0.15) is 0 Å². The smallest absolute Gasteiger partial charge is 0.266 e. The quantitative estimate of drug-likeness (QED) is 0.534. The molecule has 3 rings (SSSR count). The van der Waals surface area contributed by atoms with Gasteiger partial charge in [-0.1, -0.05) is 29.8 Å². The van der Waals surface area contributed by atoms with Crippen LogP contribution in [0.25, 0.3) is 6.08 Å². The molecule has 1 fully saturated rings. The molecule has 0 N–H and O–H groups in total. The third-order valence-electron chi connectivity index (χ3n) is 4.23. The molecule has 0 saturated carbocycles. The number of methoxy groups -OCH3 is 2. The minimum absolute atomic E-state index is 0.129. The number of nitrogens with zero attached hydrogens (tertiary/aromatic N) is 2. The molecule has 1 amide bonds. The first-order valence-corrected chi connectivity index (χ1v) is 10.6. The molecule has 0 radical (unpaired) electrons. The van der Waals surface area contributed by atoms with E-state index < -0.39 is 0 Å². The van der Waals surface area contributed by atoms with E-state index in [0.717, 1.165) is 11.3 Å². The average Bonchev–Trinajstić information content (AvgIpc) is 3.03. The van der Waals surface area contributed by atoms with Crippen LogP contribution in [-0.2, 0) is 9.53 Å². The largest absolute Gasteiger partial charge is 0.493 e. The molecule has 1 aliphatic rings. The van der Waals surface area contributed by atoms with Crippen LogP contribution >= 0.6 is 23.4 Å². The molecule has 2 aromatic rings. The molecule has 6 nitrogen and oxygen atoms in total. The molecule has 0 aliphatic carbocycles. The third kappa shape index (κ3) is 5.16. The van der Waals surface area contributed by atoms with Crippen molar-refractivity contribution in [2.24, 2.45) is 4.99 Å². The second-order valence-corrected chi connectivity index (χ2v) is 7.67. The molecule has 2 aromatic carbocycles. The number of para-hydroxylation sites is 1. The molecule has 0 unspecified atom stereocenters. The van der Waals surface area contributed by atoms with Crippen molar-refractivity contribution in [2.45, 2.75) is 6.92 Å². The van der Waals surface area contributed by atoms with E-state index in [1.807, 2.05) is 37.3 Å². The van der Waals surface area contributed by atoms with Crippen molar-refractivity contribution in [3.05, 3.63) is 58.0 Å². The monoisotopic (exact) mass is 446 g/mol. The number of aliphatic imine (C=N–C) groups is 1. The number of hydrogen-bond acceptors (Lipinski definition) is 6. The van der Waals surface area contributed by atoms with E-state index in [-0.39, 0.29) is 5.91 Å². The Morgan fingerprint density at radius 2 is 1.97 bits per heavy atom. The Balaban J connectivity index is 1.95. The summed E-state index contributed by atoms with van der Waals surface area (Å²) in [6, 6.07) is 13.1. The second-order valence-electron chi connectivity index (χ2n) is 6.26. The summed E-state index contributed by atoms with van der Waals surface area (Å²) >= 11 is 7.69. The molecule has 0 spiro atoms. The Kier molecular flexibility index (Phi) is 7.79. The maximum atomic E-state index is 13.0. The Labute approximate surface area is 185 Å². The van der Waals surface area contributed by atoms with Crippen LogP contribution in [-0.4, -0.2) is 50.0 Å².